The van der Waals surface area contributed by atoms with Crippen LogP contribution in [0, 0.1) is 5.92 Å². The summed E-state index contributed by atoms with van der Waals surface area (Å²) in [7, 11) is 1.82. The maximum absolute atomic E-state index is 12.3. The van der Waals surface area contributed by atoms with Crippen molar-refractivity contribution in [3.8, 4) is 0 Å². The Hall–Kier alpha value is -1.69. The van der Waals surface area contributed by atoms with Crippen LogP contribution in [0.4, 0.5) is 5.82 Å². The first kappa shape index (κ1) is 14.7. The van der Waals surface area contributed by atoms with Crippen LogP contribution in [0.5, 0.6) is 0 Å². The number of ether oxygens (including phenoxy) is 1. The van der Waals surface area contributed by atoms with Crippen LogP contribution in [0.3, 0.4) is 0 Å². The zero-order chi connectivity index (χ0) is 14.4. The van der Waals surface area contributed by atoms with Crippen LogP contribution in [0.1, 0.15) is 30.3 Å². The third-order valence-corrected chi connectivity index (χ3v) is 3.45. The molecule has 0 spiro atoms. The summed E-state index contributed by atoms with van der Waals surface area (Å²) >= 11 is 0. The molecule has 1 amide bonds. The summed E-state index contributed by atoms with van der Waals surface area (Å²) in [6.07, 6.45) is 5.16. The predicted octanol–water partition coefficient (Wildman–Crippen LogP) is 1.41. The Labute approximate surface area is 119 Å². The van der Waals surface area contributed by atoms with Crippen LogP contribution in [0.25, 0.3) is 0 Å². The van der Waals surface area contributed by atoms with Crippen LogP contribution in [0.2, 0.25) is 0 Å². The summed E-state index contributed by atoms with van der Waals surface area (Å²) in [5, 5.41) is 3.06. The molecule has 6 heteroatoms. The molecule has 1 aromatic rings. The van der Waals surface area contributed by atoms with Crippen molar-refractivity contribution in [1.29, 1.82) is 0 Å². The van der Waals surface area contributed by atoms with Crippen LogP contribution in [-0.4, -0.2) is 54.1 Å². The lowest BCUT2D eigenvalue weighted by Gasteiger charge is -2.26. The largest absolute Gasteiger partial charge is 0.381 e. The molecule has 2 heterocycles. The van der Waals surface area contributed by atoms with Crippen molar-refractivity contribution in [2.75, 3.05) is 38.7 Å². The summed E-state index contributed by atoms with van der Waals surface area (Å²) in [6.45, 7) is 5.11. The molecular weight excluding hydrogens is 256 g/mol. The molecule has 0 aromatic carbocycles. The zero-order valence-electron chi connectivity index (χ0n) is 12.1. The van der Waals surface area contributed by atoms with Gasteiger partial charge in [0.15, 0.2) is 0 Å². The van der Waals surface area contributed by atoms with E-state index in [-0.39, 0.29) is 5.91 Å². The molecule has 6 nitrogen and oxygen atoms in total. The highest BCUT2D eigenvalue weighted by atomic mass is 16.5. The normalized spacial score (nSPS) is 15.9. The van der Waals surface area contributed by atoms with E-state index < -0.39 is 0 Å². The number of hydrogen-bond acceptors (Lipinski definition) is 5. The van der Waals surface area contributed by atoms with Gasteiger partial charge in [-0.1, -0.05) is 0 Å². The Bertz CT molecular complexity index is 429. The first-order chi connectivity index (χ1) is 9.70. The molecule has 110 valence electrons. The fourth-order valence-electron chi connectivity index (χ4n) is 2.31. The second-order valence-electron chi connectivity index (χ2n) is 5.06. The standard InChI is InChI=1S/C14H22N4O2/c1-3-15-13-9-16-12(8-17-13)14(19)18(2)10-11-4-6-20-7-5-11/h8-9,11H,3-7,10H2,1-2H3,(H,15,17). The molecule has 1 aromatic heterocycles. The molecule has 1 N–H and O–H groups in total. The number of rotatable bonds is 5. The average Bonchev–Trinajstić information content (AvgIpc) is 2.48. The highest BCUT2D eigenvalue weighted by Gasteiger charge is 2.20. The maximum Gasteiger partial charge on any atom is 0.273 e. The number of nitrogens with zero attached hydrogens (tertiary/aromatic N) is 3. The van der Waals surface area contributed by atoms with Gasteiger partial charge in [-0.05, 0) is 25.7 Å². The number of anilines is 1. The van der Waals surface area contributed by atoms with Crippen molar-refractivity contribution in [2.45, 2.75) is 19.8 Å². The molecule has 0 unspecified atom stereocenters. The van der Waals surface area contributed by atoms with Gasteiger partial charge >= 0.3 is 0 Å². The molecule has 0 saturated carbocycles. The molecular formula is C14H22N4O2. The molecule has 1 saturated heterocycles. The van der Waals surface area contributed by atoms with Crippen LogP contribution >= 0.6 is 0 Å². The number of amides is 1. The van der Waals surface area contributed by atoms with E-state index in [4.69, 9.17) is 4.74 Å². The molecule has 20 heavy (non-hydrogen) atoms. The van der Waals surface area contributed by atoms with E-state index in [1.165, 1.54) is 6.20 Å². The van der Waals surface area contributed by atoms with E-state index in [9.17, 15) is 4.79 Å². The fourth-order valence-corrected chi connectivity index (χ4v) is 2.31. The van der Waals surface area contributed by atoms with Gasteiger partial charge in [-0.3, -0.25) is 4.79 Å². The highest BCUT2D eigenvalue weighted by molar-refractivity contribution is 5.91. The molecule has 1 fully saturated rings. The smallest absolute Gasteiger partial charge is 0.273 e. The average molecular weight is 278 g/mol. The first-order valence-electron chi connectivity index (χ1n) is 7.09. The Morgan fingerprint density at radius 2 is 2.15 bits per heavy atom. The summed E-state index contributed by atoms with van der Waals surface area (Å²) in [6, 6.07) is 0. The topological polar surface area (TPSA) is 67.4 Å². The van der Waals surface area contributed by atoms with Crippen molar-refractivity contribution in [3.05, 3.63) is 18.1 Å². The maximum atomic E-state index is 12.3. The van der Waals surface area contributed by atoms with Gasteiger partial charge in [0.05, 0.1) is 12.4 Å². The number of hydrogen-bond donors (Lipinski definition) is 1. The van der Waals surface area contributed by atoms with Gasteiger partial charge in [0.1, 0.15) is 11.5 Å². The van der Waals surface area contributed by atoms with Crippen molar-refractivity contribution < 1.29 is 9.53 Å². The molecule has 0 bridgehead atoms. The second-order valence-corrected chi connectivity index (χ2v) is 5.06. The van der Waals surface area contributed by atoms with Crippen molar-refractivity contribution in [2.24, 2.45) is 5.92 Å². The third kappa shape index (κ3) is 3.90. The minimum absolute atomic E-state index is 0.0768. The number of carbonyl (C=O) groups excluding carboxylic acids is 1. The molecule has 0 atom stereocenters. The zero-order valence-corrected chi connectivity index (χ0v) is 12.1. The molecule has 1 aliphatic rings. The predicted molar refractivity (Wildman–Crippen MR) is 76.7 cm³/mol. The molecule has 2 rings (SSSR count). The Morgan fingerprint density at radius 1 is 1.40 bits per heavy atom. The molecule has 0 aliphatic carbocycles. The van der Waals surface area contributed by atoms with Crippen LogP contribution in [0.15, 0.2) is 12.4 Å². The molecule has 1 aliphatic heterocycles. The SMILES string of the molecule is CCNc1cnc(C(=O)N(C)CC2CCOCC2)cn1. The molecule has 0 radical (unpaired) electrons. The van der Waals surface area contributed by atoms with Crippen molar-refractivity contribution in [1.82, 2.24) is 14.9 Å². The minimum atomic E-state index is -0.0768. The van der Waals surface area contributed by atoms with Gasteiger partial charge < -0.3 is 15.0 Å². The summed E-state index contributed by atoms with van der Waals surface area (Å²) < 4.78 is 5.33. The monoisotopic (exact) mass is 278 g/mol. The number of nitrogens with one attached hydrogen (secondary N) is 1. The number of aromatic nitrogens is 2. The lowest BCUT2D eigenvalue weighted by molar-refractivity contribution is 0.0495. The van der Waals surface area contributed by atoms with E-state index in [1.807, 2.05) is 14.0 Å². The quantitative estimate of drug-likeness (QED) is 0.882. The Balaban J connectivity index is 1.91. The van der Waals surface area contributed by atoms with Crippen molar-refractivity contribution >= 4 is 11.7 Å². The van der Waals surface area contributed by atoms with Gasteiger partial charge in [-0.25, -0.2) is 9.97 Å². The fraction of sp³-hybridized carbons (Fsp3) is 0.643. The number of carbonyl (C=O) groups is 1. The van der Waals surface area contributed by atoms with E-state index in [2.05, 4.69) is 15.3 Å². The van der Waals surface area contributed by atoms with Gasteiger partial charge in [-0.15, -0.1) is 0 Å². The lowest BCUT2D eigenvalue weighted by Crippen LogP contribution is -2.34. The Kier molecular flexibility index (Phi) is 5.29. The summed E-state index contributed by atoms with van der Waals surface area (Å²) in [4.78, 5) is 22.3. The first-order valence-corrected chi connectivity index (χ1v) is 7.09. The second kappa shape index (κ2) is 7.19. The van der Waals surface area contributed by atoms with Gasteiger partial charge in [0.25, 0.3) is 5.91 Å². The summed E-state index contributed by atoms with van der Waals surface area (Å²) in [5.41, 5.74) is 0.390. The Morgan fingerprint density at radius 3 is 2.75 bits per heavy atom. The highest BCUT2D eigenvalue weighted by Crippen LogP contribution is 2.16. The summed E-state index contributed by atoms with van der Waals surface area (Å²) in [5.74, 6) is 1.13. The van der Waals surface area contributed by atoms with Crippen LogP contribution in [-0.2, 0) is 4.74 Å². The van der Waals surface area contributed by atoms with E-state index >= 15 is 0 Å². The lowest BCUT2D eigenvalue weighted by atomic mass is 10.00. The van der Waals surface area contributed by atoms with Crippen LogP contribution < -0.4 is 5.32 Å². The van der Waals surface area contributed by atoms with Gasteiger partial charge in [0.2, 0.25) is 0 Å². The van der Waals surface area contributed by atoms with Gasteiger partial charge in [0, 0.05) is 33.4 Å². The van der Waals surface area contributed by atoms with E-state index in [0.717, 1.165) is 39.1 Å². The van der Waals surface area contributed by atoms with Gasteiger partial charge in [-0.2, -0.15) is 0 Å². The third-order valence-electron chi connectivity index (χ3n) is 3.45. The van der Waals surface area contributed by atoms with E-state index in [0.29, 0.717) is 17.4 Å². The van der Waals surface area contributed by atoms with E-state index in [1.54, 1.807) is 11.1 Å². The minimum Gasteiger partial charge on any atom is -0.381 e. The van der Waals surface area contributed by atoms with Crippen molar-refractivity contribution in [3.63, 3.8) is 0 Å².